The second kappa shape index (κ2) is 8.58. The van der Waals surface area contributed by atoms with Crippen molar-refractivity contribution in [3.63, 3.8) is 0 Å². The van der Waals surface area contributed by atoms with Gasteiger partial charge < -0.3 is 20.5 Å². The molecule has 3 N–H and O–H groups in total. The van der Waals surface area contributed by atoms with Crippen LogP contribution in [0.2, 0.25) is 0 Å². The summed E-state index contributed by atoms with van der Waals surface area (Å²) in [4.78, 5) is 14.8. The number of anilines is 1. The zero-order valence-electron chi connectivity index (χ0n) is 17.2. The van der Waals surface area contributed by atoms with Crippen LogP contribution in [0.5, 0.6) is 0 Å². The van der Waals surface area contributed by atoms with Crippen molar-refractivity contribution in [2.45, 2.75) is 31.3 Å². The Morgan fingerprint density at radius 1 is 1.20 bits per heavy atom. The SMILES string of the molecule is C=C/C(F)=C\c1c(N)ccc(=O)n1CCN1CCC2(CC1)CNCc1ccccc12. The van der Waals surface area contributed by atoms with E-state index in [0.717, 1.165) is 51.6 Å². The lowest BCUT2D eigenvalue weighted by molar-refractivity contribution is 0.146. The van der Waals surface area contributed by atoms with Gasteiger partial charge in [0.1, 0.15) is 5.83 Å². The number of rotatable bonds is 5. The van der Waals surface area contributed by atoms with E-state index >= 15 is 0 Å². The molecular weight excluding hydrogens is 379 g/mol. The number of allylic oxidation sites excluding steroid dienone is 2. The van der Waals surface area contributed by atoms with E-state index in [0.29, 0.717) is 17.9 Å². The van der Waals surface area contributed by atoms with E-state index in [-0.39, 0.29) is 11.0 Å². The summed E-state index contributed by atoms with van der Waals surface area (Å²) in [5.41, 5.74) is 9.72. The van der Waals surface area contributed by atoms with Gasteiger partial charge in [-0.2, -0.15) is 0 Å². The molecule has 0 saturated carbocycles. The predicted molar refractivity (Wildman–Crippen MR) is 120 cm³/mol. The Balaban J connectivity index is 1.46. The zero-order valence-corrected chi connectivity index (χ0v) is 17.2. The molecule has 2 aliphatic rings. The number of benzene rings is 1. The fraction of sp³-hybridized carbons (Fsp3) is 0.375. The molecule has 2 aromatic rings. The Bertz CT molecular complexity index is 1020. The number of aromatic nitrogens is 1. The van der Waals surface area contributed by atoms with Crippen LogP contribution in [0.1, 0.15) is 29.7 Å². The number of nitrogen functional groups attached to an aromatic ring is 1. The van der Waals surface area contributed by atoms with E-state index < -0.39 is 5.83 Å². The zero-order chi connectivity index (χ0) is 21.1. The molecule has 1 aromatic carbocycles. The first-order valence-corrected chi connectivity index (χ1v) is 10.5. The van der Waals surface area contributed by atoms with Gasteiger partial charge in [0.2, 0.25) is 0 Å². The number of pyridine rings is 1. The molecule has 4 rings (SSSR count). The fourth-order valence-electron chi connectivity index (χ4n) is 4.81. The lowest BCUT2D eigenvalue weighted by Crippen LogP contribution is -2.51. The number of hydrogen-bond donors (Lipinski definition) is 2. The van der Waals surface area contributed by atoms with Crippen molar-refractivity contribution in [1.29, 1.82) is 0 Å². The van der Waals surface area contributed by atoms with Crippen LogP contribution in [0.4, 0.5) is 10.1 Å². The molecule has 0 amide bonds. The normalized spacial score (nSPS) is 18.9. The van der Waals surface area contributed by atoms with E-state index in [1.807, 2.05) is 0 Å². The molecule has 1 fully saturated rings. The Kier molecular flexibility index (Phi) is 5.88. The molecular formula is C24H29FN4O. The van der Waals surface area contributed by atoms with Gasteiger partial charge in [0, 0.05) is 37.7 Å². The van der Waals surface area contributed by atoms with Gasteiger partial charge in [-0.05, 0) is 55.3 Å². The molecule has 1 saturated heterocycles. The van der Waals surface area contributed by atoms with Crippen LogP contribution in [0, 0.1) is 0 Å². The molecule has 3 heterocycles. The molecule has 0 radical (unpaired) electrons. The topological polar surface area (TPSA) is 63.3 Å². The number of nitrogens with two attached hydrogens (primary N) is 1. The van der Waals surface area contributed by atoms with E-state index in [4.69, 9.17) is 5.73 Å². The van der Waals surface area contributed by atoms with Gasteiger partial charge in [-0.1, -0.05) is 30.8 Å². The quantitative estimate of drug-likeness (QED) is 0.747. The average molecular weight is 409 g/mol. The Morgan fingerprint density at radius 3 is 2.73 bits per heavy atom. The Hall–Kier alpha value is -2.70. The van der Waals surface area contributed by atoms with Crippen molar-refractivity contribution >= 4 is 11.8 Å². The molecule has 5 nitrogen and oxygen atoms in total. The molecule has 158 valence electrons. The summed E-state index contributed by atoms with van der Waals surface area (Å²) in [6.45, 7) is 8.53. The highest BCUT2D eigenvalue weighted by atomic mass is 19.1. The van der Waals surface area contributed by atoms with Gasteiger partial charge >= 0.3 is 0 Å². The molecule has 0 atom stereocenters. The van der Waals surface area contributed by atoms with Gasteiger partial charge in [0.05, 0.1) is 11.4 Å². The van der Waals surface area contributed by atoms with Crippen molar-refractivity contribution < 1.29 is 4.39 Å². The first-order chi connectivity index (χ1) is 14.5. The predicted octanol–water partition coefficient (Wildman–Crippen LogP) is 3.06. The second-order valence-electron chi connectivity index (χ2n) is 8.28. The lowest BCUT2D eigenvalue weighted by atomic mass is 9.69. The van der Waals surface area contributed by atoms with Crippen molar-refractivity contribution in [3.8, 4) is 0 Å². The number of fused-ring (bicyclic) bond motifs is 2. The molecule has 0 aliphatic carbocycles. The third kappa shape index (κ3) is 3.98. The Labute approximate surface area is 176 Å². The lowest BCUT2D eigenvalue weighted by Gasteiger charge is -2.45. The summed E-state index contributed by atoms with van der Waals surface area (Å²) in [6.07, 6.45) is 4.56. The van der Waals surface area contributed by atoms with E-state index in [9.17, 15) is 9.18 Å². The summed E-state index contributed by atoms with van der Waals surface area (Å²) in [6, 6.07) is 11.7. The average Bonchev–Trinajstić information content (AvgIpc) is 2.77. The maximum atomic E-state index is 13.8. The maximum Gasteiger partial charge on any atom is 0.251 e. The van der Waals surface area contributed by atoms with Crippen LogP contribution in [-0.2, 0) is 18.5 Å². The smallest absolute Gasteiger partial charge is 0.251 e. The van der Waals surface area contributed by atoms with Crippen molar-refractivity contribution in [1.82, 2.24) is 14.8 Å². The highest BCUT2D eigenvalue weighted by Crippen LogP contribution is 2.39. The number of halogens is 1. The largest absolute Gasteiger partial charge is 0.397 e. The van der Waals surface area contributed by atoms with E-state index in [2.05, 4.69) is 41.1 Å². The monoisotopic (exact) mass is 408 g/mol. The van der Waals surface area contributed by atoms with Crippen LogP contribution in [0.15, 0.2) is 59.7 Å². The Morgan fingerprint density at radius 2 is 1.97 bits per heavy atom. The van der Waals surface area contributed by atoms with Gasteiger partial charge in [-0.25, -0.2) is 4.39 Å². The first kappa shape index (κ1) is 20.6. The van der Waals surface area contributed by atoms with Crippen LogP contribution in [-0.4, -0.2) is 35.6 Å². The summed E-state index contributed by atoms with van der Waals surface area (Å²) in [5, 5.41) is 3.59. The number of nitrogens with zero attached hydrogens (tertiary/aromatic N) is 2. The minimum atomic E-state index is -0.510. The minimum absolute atomic E-state index is 0.175. The van der Waals surface area contributed by atoms with Gasteiger partial charge in [0.15, 0.2) is 0 Å². The molecule has 0 bridgehead atoms. The second-order valence-corrected chi connectivity index (χ2v) is 8.28. The van der Waals surface area contributed by atoms with Crippen molar-refractivity contribution in [2.75, 3.05) is 31.9 Å². The standard InChI is InChI=1S/C24H29FN4O/c1-2-19(25)15-22-21(26)7-8-23(30)29(22)14-13-28-11-9-24(10-12-28)17-27-16-18-5-3-4-6-20(18)24/h2-8,15,27H,1,9-14,16-17,26H2/b19-15+. The maximum absolute atomic E-state index is 13.8. The number of hydrogen-bond acceptors (Lipinski definition) is 4. The summed E-state index contributed by atoms with van der Waals surface area (Å²) in [7, 11) is 0. The highest BCUT2D eigenvalue weighted by Gasteiger charge is 2.39. The third-order valence-corrected chi connectivity index (χ3v) is 6.55. The third-order valence-electron chi connectivity index (χ3n) is 6.55. The molecule has 1 spiro atoms. The summed E-state index contributed by atoms with van der Waals surface area (Å²) in [5.74, 6) is -0.510. The van der Waals surface area contributed by atoms with Crippen LogP contribution < -0.4 is 16.6 Å². The van der Waals surface area contributed by atoms with Gasteiger partial charge in [0.25, 0.3) is 5.56 Å². The number of nitrogens with one attached hydrogen (secondary N) is 1. The highest BCUT2D eigenvalue weighted by molar-refractivity contribution is 5.63. The molecule has 30 heavy (non-hydrogen) atoms. The molecule has 2 aliphatic heterocycles. The molecule has 0 unspecified atom stereocenters. The van der Waals surface area contributed by atoms with Crippen molar-refractivity contribution in [2.24, 2.45) is 0 Å². The van der Waals surface area contributed by atoms with E-state index in [1.165, 1.54) is 29.3 Å². The summed E-state index contributed by atoms with van der Waals surface area (Å²) < 4.78 is 15.3. The first-order valence-electron chi connectivity index (χ1n) is 10.5. The van der Waals surface area contributed by atoms with Crippen LogP contribution in [0.3, 0.4) is 0 Å². The van der Waals surface area contributed by atoms with Gasteiger partial charge in [-0.15, -0.1) is 0 Å². The number of piperidine rings is 1. The van der Waals surface area contributed by atoms with Crippen LogP contribution >= 0.6 is 0 Å². The molecule has 1 aromatic heterocycles. The fourth-order valence-corrected chi connectivity index (χ4v) is 4.81. The summed E-state index contributed by atoms with van der Waals surface area (Å²) >= 11 is 0. The number of likely N-dealkylation sites (tertiary alicyclic amines) is 1. The van der Waals surface area contributed by atoms with Crippen molar-refractivity contribution in [3.05, 3.63) is 82.1 Å². The van der Waals surface area contributed by atoms with Crippen LogP contribution in [0.25, 0.3) is 6.08 Å². The van der Waals surface area contributed by atoms with Gasteiger partial charge in [-0.3, -0.25) is 4.79 Å². The molecule has 6 heteroatoms. The minimum Gasteiger partial charge on any atom is -0.397 e. The van der Waals surface area contributed by atoms with E-state index in [1.54, 1.807) is 4.57 Å².